The summed E-state index contributed by atoms with van der Waals surface area (Å²) in [5.74, 6) is -3.01. The molecule has 0 spiro atoms. The van der Waals surface area contributed by atoms with Crippen LogP contribution in [0.3, 0.4) is 0 Å². The fourth-order valence-corrected chi connectivity index (χ4v) is 3.33. The Morgan fingerprint density at radius 2 is 1.86 bits per heavy atom. The number of allylic oxidation sites excluding steroid dienone is 1. The summed E-state index contributed by atoms with van der Waals surface area (Å²) in [7, 11) is 1.63. The molecule has 0 radical (unpaired) electrons. The second-order valence-electron chi connectivity index (χ2n) is 6.82. The highest BCUT2D eigenvalue weighted by molar-refractivity contribution is 5.83. The van der Waals surface area contributed by atoms with Gasteiger partial charge in [-0.2, -0.15) is 0 Å². The van der Waals surface area contributed by atoms with Crippen molar-refractivity contribution >= 4 is 11.9 Å². The standard InChI is InChI=1S/C22H21F2NO3/c1-14-17(12-22(27)28-13-15-6-4-3-5-7-15)18(11-21(26)25(14)2)16-8-9-19(23)20(24)10-16/h3-10,18H,11-13H2,1-2H3/t18-/m1/s1. The normalized spacial score (nSPS) is 17.1. The van der Waals surface area contributed by atoms with E-state index in [4.69, 9.17) is 4.74 Å². The maximum atomic E-state index is 13.7. The first-order chi connectivity index (χ1) is 13.4. The quantitative estimate of drug-likeness (QED) is 0.721. The molecule has 1 atom stereocenters. The molecule has 146 valence electrons. The van der Waals surface area contributed by atoms with Crippen molar-refractivity contribution in [3.05, 3.63) is 82.6 Å². The number of esters is 1. The topological polar surface area (TPSA) is 46.6 Å². The highest BCUT2D eigenvalue weighted by Gasteiger charge is 2.32. The van der Waals surface area contributed by atoms with Crippen LogP contribution in [0.4, 0.5) is 8.78 Å². The number of rotatable bonds is 5. The van der Waals surface area contributed by atoms with Crippen molar-refractivity contribution in [2.75, 3.05) is 7.05 Å². The zero-order valence-corrected chi connectivity index (χ0v) is 15.7. The van der Waals surface area contributed by atoms with E-state index in [1.165, 1.54) is 11.0 Å². The van der Waals surface area contributed by atoms with E-state index in [0.717, 1.165) is 17.7 Å². The fraction of sp³-hybridized carbons (Fsp3) is 0.273. The highest BCUT2D eigenvalue weighted by Crippen LogP contribution is 2.38. The minimum Gasteiger partial charge on any atom is -0.461 e. The predicted molar refractivity (Wildman–Crippen MR) is 100 cm³/mol. The van der Waals surface area contributed by atoms with Gasteiger partial charge in [0.15, 0.2) is 11.6 Å². The van der Waals surface area contributed by atoms with Gasteiger partial charge < -0.3 is 9.64 Å². The lowest BCUT2D eigenvalue weighted by Gasteiger charge is -2.33. The molecule has 0 saturated heterocycles. The summed E-state index contributed by atoms with van der Waals surface area (Å²) in [4.78, 5) is 26.2. The van der Waals surface area contributed by atoms with Crippen LogP contribution in [0.2, 0.25) is 0 Å². The summed E-state index contributed by atoms with van der Waals surface area (Å²) in [6.07, 6.45) is 0.0557. The van der Waals surface area contributed by atoms with E-state index in [2.05, 4.69) is 0 Å². The zero-order valence-electron chi connectivity index (χ0n) is 15.7. The molecule has 6 heteroatoms. The monoisotopic (exact) mass is 385 g/mol. The lowest BCUT2D eigenvalue weighted by atomic mass is 9.82. The molecule has 4 nitrogen and oxygen atoms in total. The molecule has 0 saturated carbocycles. The van der Waals surface area contributed by atoms with Crippen LogP contribution in [-0.2, 0) is 20.9 Å². The molecule has 2 aromatic rings. The van der Waals surface area contributed by atoms with Gasteiger partial charge in [0.05, 0.1) is 6.42 Å². The average Bonchev–Trinajstić information content (AvgIpc) is 2.69. The van der Waals surface area contributed by atoms with Gasteiger partial charge in [0.1, 0.15) is 6.61 Å². The van der Waals surface area contributed by atoms with E-state index < -0.39 is 23.5 Å². The minimum absolute atomic E-state index is 0.0278. The van der Waals surface area contributed by atoms with Crippen molar-refractivity contribution < 1.29 is 23.1 Å². The Morgan fingerprint density at radius 3 is 2.54 bits per heavy atom. The minimum atomic E-state index is -0.979. The largest absolute Gasteiger partial charge is 0.461 e. The number of halogens is 2. The molecule has 0 fully saturated rings. The number of amides is 1. The first-order valence-electron chi connectivity index (χ1n) is 8.97. The van der Waals surface area contributed by atoms with Gasteiger partial charge in [0.2, 0.25) is 5.91 Å². The molecule has 1 aliphatic heterocycles. The van der Waals surface area contributed by atoms with E-state index in [1.807, 2.05) is 30.3 Å². The third-order valence-corrected chi connectivity index (χ3v) is 5.06. The van der Waals surface area contributed by atoms with E-state index >= 15 is 0 Å². The number of ether oxygens (including phenoxy) is 1. The lowest BCUT2D eigenvalue weighted by molar-refractivity contribution is -0.144. The Labute approximate surface area is 162 Å². The van der Waals surface area contributed by atoms with Crippen molar-refractivity contribution in [1.82, 2.24) is 4.90 Å². The van der Waals surface area contributed by atoms with Gasteiger partial charge in [0.25, 0.3) is 0 Å². The van der Waals surface area contributed by atoms with Crippen LogP contribution < -0.4 is 0 Å². The van der Waals surface area contributed by atoms with Crippen molar-refractivity contribution in [2.45, 2.75) is 32.3 Å². The molecule has 2 aromatic carbocycles. The lowest BCUT2D eigenvalue weighted by Crippen LogP contribution is -2.34. The van der Waals surface area contributed by atoms with Crippen molar-refractivity contribution in [3.63, 3.8) is 0 Å². The second kappa shape index (κ2) is 8.33. The summed E-state index contributed by atoms with van der Waals surface area (Å²) < 4.78 is 32.4. The molecule has 3 rings (SSSR count). The molecule has 0 aromatic heterocycles. The van der Waals surface area contributed by atoms with Crippen molar-refractivity contribution in [3.8, 4) is 0 Å². The van der Waals surface area contributed by atoms with Crippen LogP contribution in [0.25, 0.3) is 0 Å². The van der Waals surface area contributed by atoms with Crippen LogP contribution in [0.1, 0.15) is 36.8 Å². The second-order valence-corrected chi connectivity index (χ2v) is 6.82. The van der Waals surface area contributed by atoms with Gasteiger partial charge in [-0.1, -0.05) is 36.4 Å². The maximum Gasteiger partial charge on any atom is 0.310 e. The van der Waals surface area contributed by atoms with Crippen LogP contribution in [0.15, 0.2) is 59.8 Å². The fourth-order valence-electron chi connectivity index (χ4n) is 3.33. The molecular weight excluding hydrogens is 364 g/mol. The van der Waals surface area contributed by atoms with Crippen LogP contribution in [-0.4, -0.2) is 23.8 Å². The van der Waals surface area contributed by atoms with Crippen LogP contribution in [0.5, 0.6) is 0 Å². The molecule has 0 bridgehead atoms. The Bertz CT molecular complexity index is 925. The summed E-state index contributed by atoms with van der Waals surface area (Å²) in [5, 5.41) is 0. The molecule has 0 aliphatic carbocycles. The number of hydrogen-bond acceptors (Lipinski definition) is 3. The summed E-state index contributed by atoms with van der Waals surface area (Å²) in [6, 6.07) is 12.9. The molecule has 0 unspecified atom stereocenters. The Morgan fingerprint density at radius 1 is 1.14 bits per heavy atom. The SMILES string of the molecule is CC1=C(CC(=O)OCc2ccccc2)[C@@H](c2ccc(F)c(F)c2)CC(=O)N1C. The van der Waals surface area contributed by atoms with E-state index in [-0.39, 0.29) is 25.4 Å². The van der Waals surface area contributed by atoms with Crippen molar-refractivity contribution in [2.24, 2.45) is 0 Å². The summed E-state index contributed by atoms with van der Waals surface area (Å²) in [5.41, 5.74) is 2.63. The van der Waals surface area contributed by atoms with E-state index in [0.29, 0.717) is 16.8 Å². The smallest absolute Gasteiger partial charge is 0.310 e. The van der Waals surface area contributed by atoms with Crippen LogP contribution in [0, 0.1) is 11.6 Å². The Balaban J connectivity index is 1.82. The number of carbonyl (C=O) groups is 2. The van der Waals surface area contributed by atoms with Gasteiger partial charge in [-0.05, 0) is 35.8 Å². The molecule has 1 aliphatic rings. The molecular formula is C22H21F2NO3. The highest BCUT2D eigenvalue weighted by atomic mass is 19.2. The number of carbonyl (C=O) groups excluding carboxylic acids is 2. The molecule has 28 heavy (non-hydrogen) atoms. The number of benzene rings is 2. The van der Waals surface area contributed by atoms with Crippen molar-refractivity contribution in [1.29, 1.82) is 0 Å². The number of nitrogens with zero attached hydrogens (tertiary/aromatic N) is 1. The van der Waals surface area contributed by atoms with Gasteiger partial charge >= 0.3 is 5.97 Å². The third-order valence-electron chi connectivity index (χ3n) is 5.06. The summed E-state index contributed by atoms with van der Waals surface area (Å²) >= 11 is 0. The van der Waals surface area contributed by atoms with E-state index in [1.54, 1.807) is 14.0 Å². The predicted octanol–water partition coefficient (Wildman–Crippen LogP) is 4.32. The van der Waals surface area contributed by atoms with Gasteiger partial charge in [-0.3, -0.25) is 9.59 Å². The molecule has 0 N–H and O–H groups in total. The van der Waals surface area contributed by atoms with E-state index in [9.17, 15) is 18.4 Å². The Hall–Kier alpha value is -3.02. The van der Waals surface area contributed by atoms with Gasteiger partial charge in [-0.25, -0.2) is 8.78 Å². The zero-order chi connectivity index (χ0) is 20.3. The third kappa shape index (κ3) is 4.27. The van der Waals surface area contributed by atoms with Crippen LogP contribution >= 0.6 is 0 Å². The first-order valence-corrected chi connectivity index (χ1v) is 8.97. The van der Waals surface area contributed by atoms with Gasteiger partial charge in [0, 0.05) is 25.1 Å². The number of hydrogen-bond donors (Lipinski definition) is 0. The molecule has 1 amide bonds. The Kier molecular flexibility index (Phi) is 5.87. The average molecular weight is 385 g/mol. The first kappa shape index (κ1) is 19.7. The maximum absolute atomic E-state index is 13.7. The molecule has 1 heterocycles. The summed E-state index contributed by atoms with van der Waals surface area (Å²) in [6.45, 7) is 1.89. The van der Waals surface area contributed by atoms with Gasteiger partial charge in [-0.15, -0.1) is 0 Å².